The van der Waals surface area contributed by atoms with Crippen LogP contribution in [0.25, 0.3) is 0 Å². The van der Waals surface area contributed by atoms with Crippen LogP contribution in [0, 0.1) is 17.8 Å². The number of aliphatic hydroxyl groups excluding tert-OH is 1. The molecule has 5 rings (SSSR count). The van der Waals surface area contributed by atoms with Crippen molar-refractivity contribution in [3.63, 3.8) is 0 Å². The number of hydrogen-bond donors (Lipinski definition) is 2. The Labute approximate surface area is 171 Å². The molecule has 1 aromatic heterocycles. The molecule has 7 nitrogen and oxygen atoms in total. The van der Waals surface area contributed by atoms with Gasteiger partial charge in [-0.3, -0.25) is 14.5 Å². The van der Waals surface area contributed by atoms with E-state index >= 15 is 0 Å². The van der Waals surface area contributed by atoms with Crippen LogP contribution in [0.2, 0.25) is 0 Å². The molecule has 2 saturated heterocycles. The lowest BCUT2D eigenvalue weighted by Crippen LogP contribution is -2.53. The summed E-state index contributed by atoms with van der Waals surface area (Å²) in [5, 5.41) is 13.5. The Morgan fingerprint density at radius 2 is 2.00 bits per heavy atom. The molecule has 2 N–H and O–H groups in total. The van der Waals surface area contributed by atoms with E-state index in [0.717, 1.165) is 51.1 Å². The standard InChI is InChI=1S/C22H31N3O4/c26-13-17-16-12-24-18(5-2-6-19(24)27)20(16)25(11-14-7-9-29-10-8-14)21(17)22(28)23-15-3-1-4-15/h2,5-6,14-17,20-21,26H,1,3-4,7-13H2,(H,23,28)/t16-,17-,20+,21-/m1/s1. The van der Waals surface area contributed by atoms with Gasteiger partial charge in [-0.2, -0.15) is 0 Å². The van der Waals surface area contributed by atoms with Crippen LogP contribution >= 0.6 is 0 Å². The largest absolute Gasteiger partial charge is 0.396 e. The smallest absolute Gasteiger partial charge is 0.250 e. The molecular weight excluding hydrogens is 370 g/mol. The zero-order valence-corrected chi connectivity index (χ0v) is 16.8. The van der Waals surface area contributed by atoms with Crippen LogP contribution in [0.4, 0.5) is 0 Å². The number of carbonyl (C=O) groups is 1. The summed E-state index contributed by atoms with van der Waals surface area (Å²) in [6.07, 6.45) is 5.26. The van der Waals surface area contributed by atoms with Crippen molar-refractivity contribution >= 4 is 5.91 Å². The molecule has 1 aliphatic carbocycles. The Morgan fingerprint density at radius 1 is 1.21 bits per heavy atom. The van der Waals surface area contributed by atoms with Crippen LogP contribution in [0.3, 0.4) is 0 Å². The van der Waals surface area contributed by atoms with E-state index in [1.54, 1.807) is 6.07 Å². The van der Waals surface area contributed by atoms with E-state index in [1.165, 1.54) is 6.42 Å². The van der Waals surface area contributed by atoms with Gasteiger partial charge in [-0.25, -0.2) is 0 Å². The molecule has 1 amide bonds. The highest BCUT2D eigenvalue weighted by Gasteiger charge is 2.55. The first-order valence-corrected chi connectivity index (χ1v) is 11.1. The van der Waals surface area contributed by atoms with E-state index < -0.39 is 0 Å². The molecule has 7 heteroatoms. The van der Waals surface area contributed by atoms with Crippen molar-refractivity contribution < 1.29 is 14.6 Å². The van der Waals surface area contributed by atoms with Gasteiger partial charge in [0.2, 0.25) is 5.91 Å². The third-order valence-corrected chi connectivity index (χ3v) is 7.60. The zero-order chi connectivity index (χ0) is 20.0. The highest BCUT2D eigenvalue weighted by atomic mass is 16.5. The van der Waals surface area contributed by atoms with E-state index in [1.807, 2.05) is 16.7 Å². The second-order valence-corrected chi connectivity index (χ2v) is 9.19. The van der Waals surface area contributed by atoms with Crippen molar-refractivity contribution in [3.05, 3.63) is 34.2 Å². The molecular formula is C22H31N3O4. The topological polar surface area (TPSA) is 83.8 Å². The molecule has 4 heterocycles. The average Bonchev–Trinajstić information content (AvgIpc) is 3.21. The minimum Gasteiger partial charge on any atom is -0.396 e. The number of fused-ring (bicyclic) bond motifs is 3. The number of likely N-dealkylation sites (tertiary alicyclic amines) is 1. The van der Waals surface area contributed by atoms with Gasteiger partial charge < -0.3 is 19.7 Å². The Bertz CT molecular complexity index is 815. The second-order valence-electron chi connectivity index (χ2n) is 9.19. The minimum atomic E-state index is -0.331. The van der Waals surface area contributed by atoms with E-state index in [2.05, 4.69) is 10.2 Å². The van der Waals surface area contributed by atoms with Crippen LogP contribution in [-0.2, 0) is 16.1 Å². The molecule has 0 radical (unpaired) electrons. The van der Waals surface area contributed by atoms with E-state index in [9.17, 15) is 14.7 Å². The fourth-order valence-electron chi connectivity index (χ4n) is 5.83. The van der Waals surface area contributed by atoms with Gasteiger partial charge in [0.25, 0.3) is 5.56 Å². The Kier molecular flexibility index (Phi) is 5.22. The highest BCUT2D eigenvalue weighted by Crippen LogP contribution is 2.49. The molecule has 29 heavy (non-hydrogen) atoms. The van der Waals surface area contributed by atoms with Gasteiger partial charge in [0.05, 0.1) is 12.1 Å². The summed E-state index contributed by atoms with van der Waals surface area (Å²) >= 11 is 0. The van der Waals surface area contributed by atoms with E-state index in [0.29, 0.717) is 12.5 Å². The molecule has 3 aliphatic heterocycles. The summed E-state index contributed by atoms with van der Waals surface area (Å²) in [6.45, 7) is 2.90. The molecule has 0 aromatic carbocycles. The zero-order valence-electron chi connectivity index (χ0n) is 16.8. The first kappa shape index (κ1) is 19.3. The van der Waals surface area contributed by atoms with E-state index in [4.69, 9.17) is 4.74 Å². The lowest BCUT2D eigenvalue weighted by Gasteiger charge is -2.36. The maximum absolute atomic E-state index is 13.3. The lowest BCUT2D eigenvalue weighted by molar-refractivity contribution is -0.129. The Morgan fingerprint density at radius 3 is 2.69 bits per heavy atom. The van der Waals surface area contributed by atoms with Crippen molar-refractivity contribution in [2.24, 2.45) is 17.8 Å². The molecule has 0 unspecified atom stereocenters. The number of aromatic nitrogens is 1. The van der Waals surface area contributed by atoms with Crippen molar-refractivity contribution in [1.29, 1.82) is 0 Å². The maximum atomic E-state index is 13.3. The monoisotopic (exact) mass is 401 g/mol. The lowest BCUT2D eigenvalue weighted by atomic mass is 9.87. The minimum absolute atomic E-state index is 0.00933. The molecule has 4 aliphatic rings. The predicted molar refractivity (Wildman–Crippen MR) is 107 cm³/mol. The fraction of sp³-hybridized carbons (Fsp3) is 0.727. The van der Waals surface area contributed by atoms with Crippen molar-refractivity contribution in [3.8, 4) is 0 Å². The van der Waals surface area contributed by atoms with Gasteiger partial charge in [-0.05, 0) is 44.1 Å². The molecule has 3 fully saturated rings. The van der Waals surface area contributed by atoms with Crippen LogP contribution in [0.1, 0.15) is 43.8 Å². The third kappa shape index (κ3) is 3.33. The van der Waals surface area contributed by atoms with Gasteiger partial charge in [0, 0.05) is 62.5 Å². The Balaban J connectivity index is 1.48. The normalized spacial score (nSPS) is 32.6. The van der Waals surface area contributed by atoms with Crippen LogP contribution in [0.5, 0.6) is 0 Å². The number of pyridine rings is 1. The van der Waals surface area contributed by atoms with Gasteiger partial charge in [-0.15, -0.1) is 0 Å². The van der Waals surface area contributed by atoms with Gasteiger partial charge in [-0.1, -0.05) is 6.07 Å². The average molecular weight is 402 g/mol. The number of carbonyl (C=O) groups excluding carboxylic acids is 1. The molecule has 158 valence electrons. The van der Waals surface area contributed by atoms with Crippen molar-refractivity contribution in [2.45, 2.75) is 56.8 Å². The number of aliphatic hydroxyl groups is 1. The number of rotatable bonds is 5. The summed E-state index contributed by atoms with van der Waals surface area (Å²) in [5.41, 5.74) is 1.00. The summed E-state index contributed by atoms with van der Waals surface area (Å²) in [5.74, 6) is 0.469. The van der Waals surface area contributed by atoms with Gasteiger partial charge in [0.1, 0.15) is 0 Å². The fourth-order valence-corrected chi connectivity index (χ4v) is 5.83. The SMILES string of the molecule is O=C(NC1CCC1)[C@H]1[C@H](CO)[C@H]2Cn3c(cccc3=O)[C@H]2N1CC1CCOCC1. The van der Waals surface area contributed by atoms with Gasteiger partial charge >= 0.3 is 0 Å². The van der Waals surface area contributed by atoms with Crippen LogP contribution in [-0.4, -0.2) is 58.9 Å². The van der Waals surface area contributed by atoms with Crippen LogP contribution in [0.15, 0.2) is 23.0 Å². The van der Waals surface area contributed by atoms with Crippen molar-refractivity contribution in [1.82, 2.24) is 14.8 Å². The number of nitrogens with one attached hydrogen (secondary N) is 1. The molecule has 1 aromatic rings. The summed E-state index contributed by atoms with van der Waals surface area (Å²) < 4.78 is 7.37. The first-order chi connectivity index (χ1) is 14.2. The number of ether oxygens (including phenoxy) is 1. The third-order valence-electron chi connectivity index (χ3n) is 7.60. The van der Waals surface area contributed by atoms with Gasteiger partial charge in [0.15, 0.2) is 0 Å². The summed E-state index contributed by atoms with van der Waals surface area (Å²) in [7, 11) is 0. The first-order valence-electron chi connectivity index (χ1n) is 11.1. The quantitative estimate of drug-likeness (QED) is 0.766. The number of amides is 1. The highest BCUT2D eigenvalue weighted by molar-refractivity contribution is 5.83. The van der Waals surface area contributed by atoms with Crippen LogP contribution < -0.4 is 10.9 Å². The number of hydrogen-bond acceptors (Lipinski definition) is 5. The number of nitrogens with zero attached hydrogens (tertiary/aromatic N) is 2. The molecule has 4 atom stereocenters. The summed E-state index contributed by atoms with van der Waals surface area (Å²) in [6, 6.07) is 5.40. The molecule has 1 saturated carbocycles. The molecule has 0 bridgehead atoms. The second kappa shape index (κ2) is 7.85. The van der Waals surface area contributed by atoms with E-state index in [-0.39, 0.29) is 48.0 Å². The summed E-state index contributed by atoms with van der Waals surface area (Å²) in [4.78, 5) is 28.1. The Hall–Kier alpha value is -1.70. The molecule has 0 spiro atoms. The predicted octanol–water partition coefficient (Wildman–Crippen LogP) is 0.907. The maximum Gasteiger partial charge on any atom is 0.250 e. The van der Waals surface area contributed by atoms with Crippen molar-refractivity contribution in [2.75, 3.05) is 26.4 Å².